The number of ether oxygens (including phenoxy) is 1. The minimum absolute atomic E-state index is 0.0510. The lowest BCUT2D eigenvalue weighted by Crippen LogP contribution is -2.34. The Morgan fingerprint density at radius 1 is 1.17 bits per heavy atom. The van der Waals surface area contributed by atoms with Gasteiger partial charge in [-0.15, -0.1) is 0 Å². The van der Waals surface area contributed by atoms with E-state index in [0.29, 0.717) is 6.54 Å². The fraction of sp³-hybridized carbons (Fsp3) is 0.316. The average Bonchev–Trinajstić information content (AvgIpc) is 2.99. The van der Waals surface area contributed by atoms with E-state index < -0.39 is 0 Å². The number of hydrogen-bond acceptors (Lipinski definition) is 2. The number of urea groups is 1. The molecular formula is C19H21BrN2O2. The summed E-state index contributed by atoms with van der Waals surface area (Å²) < 4.78 is 6.23. The van der Waals surface area contributed by atoms with Gasteiger partial charge in [-0.25, -0.2) is 4.79 Å². The highest BCUT2D eigenvalue weighted by molar-refractivity contribution is 9.10. The van der Waals surface area contributed by atoms with E-state index in [0.717, 1.165) is 28.9 Å². The Kier molecular flexibility index (Phi) is 5.09. The number of halogens is 1. The molecule has 2 amide bonds. The first kappa shape index (κ1) is 16.8. The molecule has 1 saturated heterocycles. The Balaban J connectivity index is 1.84. The molecule has 126 valence electrons. The maximum Gasteiger partial charge on any atom is 0.325 e. The van der Waals surface area contributed by atoms with Crippen LogP contribution in [0.5, 0.6) is 5.75 Å². The van der Waals surface area contributed by atoms with Crippen molar-refractivity contribution in [3.8, 4) is 5.75 Å². The number of benzene rings is 2. The normalized spacial score (nSPS) is 15.7. The molecule has 0 radical (unpaired) electrons. The minimum atomic E-state index is 0.0510. The Morgan fingerprint density at radius 2 is 1.92 bits per heavy atom. The third kappa shape index (κ3) is 3.13. The first-order valence-corrected chi connectivity index (χ1v) is 8.91. The van der Waals surface area contributed by atoms with Gasteiger partial charge >= 0.3 is 6.03 Å². The highest BCUT2D eigenvalue weighted by Gasteiger charge is 2.34. The number of rotatable bonds is 5. The van der Waals surface area contributed by atoms with Crippen molar-refractivity contribution in [3.63, 3.8) is 0 Å². The fourth-order valence-corrected chi connectivity index (χ4v) is 3.62. The second kappa shape index (κ2) is 7.26. The molecule has 5 heteroatoms. The van der Waals surface area contributed by atoms with Gasteiger partial charge in [0.15, 0.2) is 0 Å². The number of hydrogen-bond donors (Lipinski definition) is 0. The van der Waals surface area contributed by atoms with Crippen LogP contribution in [0, 0.1) is 0 Å². The van der Waals surface area contributed by atoms with Crippen molar-refractivity contribution < 1.29 is 9.53 Å². The summed E-state index contributed by atoms with van der Waals surface area (Å²) in [5.41, 5.74) is 2.05. The molecule has 1 heterocycles. The van der Waals surface area contributed by atoms with Gasteiger partial charge in [-0.3, -0.25) is 4.90 Å². The van der Waals surface area contributed by atoms with Crippen LogP contribution < -0.4 is 9.64 Å². The van der Waals surface area contributed by atoms with E-state index >= 15 is 0 Å². The van der Waals surface area contributed by atoms with Crippen LogP contribution in [0.2, 0.25) is 0 Å². The summed E-state index contributed by atoms with van der Waals surface area (Å²) in [7, 11) is 1.63. The number of amides is 2. The molecule has 0 bridgehead atoms. The van der Waals surface area contributed by atoms with Crippen molar-refractivity contribution in [2.24, 2.45) is 0 Å². The van der Waals surface area contributed by atoms with Gasteiger partial charge in [0.2, 0.25) is 0 Å². The molecule has 0 aliphatic carbocycles. The Bertz CT molecular complexity index is 721. The van der Waals surface area contributed by atoms with Crippen LogP contribution in [0.1, 0.15) is 24.9 Å². The van der Waals surface area contributed by atoms with Gasteiger partial charge in [-0.1, -0.05) is 37.3 Å². The molecule has 4 nitrogen and oxygen atoms in total. The fourth-order valence-electron chi connectivity index (χ4n) is 3.21. The lowest BCUT2D eigenvalue weighted by molar-refractivity contribution is 0.199. The quantitative estimate of drug-likeness (QED) is 0.732. The van der Waals surface area contributed by atoms with Crippen LogP contribution in [0.3, 0.4) is 0 Å². The van der Waals surface area contributed by atoms with Gasteiger partial charge in [0, 0.05) is 24.8 Å². The highest BCUT2D eigenvalue weighted by Crippen LogP contribution is 2.34. The predicted molar refractivity (Wildman–Crippen MR) is 99.6 cm³/mol. The van der Waals surface area contributed by atoms with Crippen molar-refractivity contribution in [1.82, 2.24) is 4.90 Å². The molecule has 1 aliphatic heterocycles. The Labute approximate surface area is 151 Å². The summed E-state index contributed by atoms with van der Waals surface area (Å²) >= 11 is 3.45. The van der Waals surface area contributed by atoms with Crippen LogP contribution >= 0.6 is 15.9 Å². The zero-order chi connectivity index (χ0) is 17.1. The number of carbonyl (C=O) groups excluding carboxylic acids is 1. The smallest absolute Gasteiger partial charge is 0.325 e. The van der Waals surface area contributed by atoms with Crippen LogP contribution in [0.4, 0.5) is 10.5 Å². The zero-order valence-electron chi connectivity index (χ0n) is 13.9. The molecule has 0 N–H and O–H groups in total. The highest BCUT2D eigenvalue weighted by atomic mass is 79.9. The molecule has 1 fully saturated rings. The standard InChI is InChI=1S/C19H21BrN2O2/c1-3-17(14-7-5-4-6-8-14)22-12-11-21(19(22)23)15-9-10-16(20)18(13-15)24-2/h4-10,13,17H,3,11-12H2,1-2H3. The molecule has 0 aromatic heterocycles. The molecule has 1 unspecified atom stereocenters. The molecule has 0 saturated carbocycles. The van der Waals surface area contributed by atoms with E-state index in [1.807, 2.05) is 46.2 Å². The van der Waals surface area contributed by atoms with E-state index in [1.54, 1.807) is 7.11 Å². The van der Waals surface area contributed by atoms with Crippen LogP contribution in [-0.2, 0) is 0 Å². The second-order valence-corrected chi connectivity index (χ2v) is 6.64. The first-order valence-electron chi connectivity index (χ1n) is 8.12. The third-order valence-corrected chi connectivity index (χ3v) is 5.09. The summed E-state index contributed by atoms with van der Waals surface area (Å²) in [6, 6.07) is 16.1. The van der Waals surface area contributed by atoms with Crippen molar-refractivity contribution in [1.29, 1.82) is 0 Å². The van der Waals surface area contributed by atoms with Gasteiger partial charge in [-0.05, 0) is 40.0 Å². The summed E-state index contributed by atoms with van der Waals surface area (Å²) in [5.74, 6) is 0.730. The van der Waals surface area contributed by atoms with Gasteiger partial charge in [0.25, 0.3) is 0 Å². The molecule has 24 heavy (non-hydrogen) atoms. The molecule has 2 aromatic rings. The predicted octanol–water partition coefficient (Wildman–Crippen LogP) is 4.85. The SMILES string of the molecule is CCC(c1ccccc1)N1CCN(c2ccc(Br)c(OC)c2)C1=O. The number of carbonyl (C=O) groups is 1. The minimum Gasteiger partial charge on any atom is -0.495 e. The summed E-state index contributed by atoms with van der Waals surface area (Å²) in [6.45, 7) is 3.54. The van der Waals surface area contributed by atoms with Crippen molar-refractivity contribution in [3.05, 3.63) is 58.6 Å². The largest absolute Gasteiger partial charge is 0.495 e. The van der Waals surface area contributed by atoms with Crippen molar-refractivity contribution in [2.45, 2.75) is 19.4 Å². The Hall–Kier alpha value is -2.01. The van der Waals surface area contributed by atoms with E-state index in [1.165, 1.54) is 5.56 Å². The maximum atomic E-state index is 13.0. The third-order valence-electron chi connectivity index (χ3n) is 4.43. The van der Waals surface area contributed by atoms with Gasteiger partial charge in [-0.2, -0.15) is 0 Å². The topological polar surface area (TPSA) is 32.8 Å². The monoisotopic (exact) mass is 388 g/mol. The lowest BCUT2D eigenvalue weighted by Gasteiger charge is -2.27. The van der Waals surface area contributed by atoms with Crippen LogP contribution in [0.15, 0.2) is 53.0 Å². The Morgan fingerprint density at radius 3 is 2.58 bits per heavy atom. The second-order valence-electron chi connectivity index (χ2n) is 5.78. The zero-order valence-corrected chi connectivity index (χ0v) is 15.5. The van der Waals surface area contributed by atoms with E-state index in [-0.39, 0.29) is 12.1 Å². The number of methoxy groups -OCH3 is 1. The summed E-state index contributed by atoms with van der Waals surface area (Å²) in [6.07, 6.45) is 0.896. The molecule has 1 atom stereocenters. The van der Waals surface area contributed by atoms with Crippen LogP contribution in [-0.4, -0.2) is 31.1 Å². The van der Waals surface area contributed by atoms with Gasteiger partial charge in [0.05, 0.1) is 17.6 Å². The van der Waals surface area contributed by atoms with Crippen molar-refractivity contribution in [2.75, 3.05) is 25.1 Å². The van der Waals surface area contributed by atoms with Crippen LogP contribution in [0.25, 0.3) is 0 Å². The molecule has 2 aromatic carbocycles. The van der Waals surface area contributed by atoms with Crippen molar-refractivity contribution >= 4 is 27.6 Å². The summed E-state index contributed by atoms with van der Waals surface area (Å²) in [4.78, 5) is 16.7. The molecule has 0 spiro atoms. The average molecular weight is 389 g/mol. The van der Waals surface area contributed by atoms with Gasteiger partial charge in [0.1, 0.15) is 5.75 Å². The molecule has 3 rings (SSSR count). The summed E-state index contributed by atoms with van der Waals surface area (Å²) in [5, 5.41) is 0. The number of nitrogens with zero attached hydrogens (tertiary/aromatic N) is 2. The van der Waals surface area contributed by atoms with E-state index in [4.69, 9.17) is 4.74 Å². The van der Waals surface area contributed by atoms with E-state index in [9.17, 15) is 4.79 Å². The molecule has 1 aliphatic rings. The van der Waals surface area contributed by atoms with Gasteiger partial charge < -0.3 is 9.64 Å². The first-order chi connectivity index (χ1) is 11.7. The van der Waals surface area contributed by atoms with E-state index in [2.05, 4.69) is 35.0 Å². The molecular weight excluding hydrogens is 368 g/mol. The lowest BCUT2D eigenvalue weighted by atomic mass is 10.0. The number of anilines is 1. The maximum absolute atomic E-state index is 13.0.